The van der Waals surface area contributed by atoms with Gasteiger partial charge >= 0.3 is 0 Å². The Morgan fingerprint density at radius 1 is 1.07 bits per heavy atom. The van der Waals surface area contributed by atoms with Gasteiger partial charge in [0, 0.05) is 51.7 Å². The van der Waals surface area contributed by atoms with Crippen LogP contribution >= 0.6 is 0 Å². The van der Waals surface area contributed by atoms with Crippen molar-refractivity contribution < 1.29 is 5.11 Å². The van der Waals surface area contributed by atoms with Crippen LogP contribution in [0.2, 0.25) is 0 Å². The van der Waals surface area contributed by atoms with Crippen LogP contribution < -0.4 is 4.90 Å². The van der Waals surface area contributed by atoms with E-state index in [-0.39, 0.29) is 5.88 Å². The highest BCUT2D eigenvalue weighted by Gasteiger charge is 2.20. The van der Waals surface area contributed by atoms with Gasteiger partial charge in [0.15, 0.2) is 0 Å². The van der Waals surface area contributed by atoms with Crippen LogP contribution in [0.5, 0.6) is 5.88 Å². The average Bonchev–Trinajstić information content (AvgIpc) is 3.03. The zero-order valence-corrected chi connectivity index (χ0v) is 15.9. The molecule has 3 aromatic rings. The number of aromatic nitrogens is 3. The Morgan fingerprint density at radius 2 is 1.85 bits per heavy atom. The van der Waals surface area contributed by atoms with E-state index in [1.165, 1.54) is 5.56 Å². The Hall–Kier alpha value is -2.60. The standard InChI is InChI=1S/C21H27N5O/c1-2-3-9-26-16-19-18(20(26)27)14-22-21(23-19)25-12-10-24(11-13-25)15-17-7-5-4-6-8-17/h4-8,14,16,27H,2-3,9-13,15H2,1H3. The first-order valence-corrected chi connectivity index (χ1v) is 9.80. The minimum absolute atomic E-state index is 0.276. The van der Waals surface area contributed by atoms with E-state index >= 15 is 0 Å². The molecule has 0 unspecified atom stereocenters. The molecule has 0 bridgehead atoms. The number of nitrogens with zero attached hydrogens (tertiary/aromatic N) is 5. The molecule has 0 spiro atoms. The molecule has 0 saturated carbocycles. The molecule has 1 saturated heterocycles. The predicted octanol–water partition coefficient (Wildman–Crippen LogP) is 3.26. The van der Waals surface area contributed by atoms with Crippen molar-refractivity contribution in [3.8, 4) is 5.88 Å². The Morgan fingerprint density at radius 3 is 2.59 bits per heavy atom. The van der Waals surface area contributed by atoms with Crippen molar-refractivity contribution in [1.82, 2.24) is 19.4 Å². The minimum atomic E-state index is 0.276. The van der Waals surface area contributed by atoms with Gasteiger partial charge in [0.25, 0.3) is 0 Å². The van der Waals surface area contributed by atoms with Gasteiger partial charge in [-0.2, -0.15) is 0 Å². The van der Waals surface area contributed by atoms with Gasteiger partial charge in [0.1, 0.15) is 0 Å². The van der Waals surface area contributed by atoms with Gasteiger partial charge in [-0.3, -0.25) is 4.90 Å². The SMILES string of the molecule is CCCCn1cc2nc(N3CCN(Cc4ccccc4)CC3)ncc2c1O. The Labute approximate surface area is 160 Å². The van der Waals surface area contributed by atoms with Gasteiger partial charge in [0.05, 0.1) is 10.9 Å². The third-order valence-electron chi connectivity index (χ3n) is 5.25. The monoisotopic (exact) mass is 365 g/mol. The molecular weight excluding hydrogens is 338 g/mol. The average molecular weight is 365 g/mol. The van der Waals surface area contributed by atoms with Crippen molar-refractivity contribution in [1.29, 1.82) is 0 Å². The summed E-state index contributed by atoms with van der Waals surface area (Å²) in [5.74, 6) is 1.03. The predicted molar refractivity (Wildman–Crippen MR) is 108 cm³/mol. The molecule has 2 aromatic heterocycles. The third kappa shape index (κ3) is 3.90. The summed E-state index contributed by atoms with van der Waals surface area (Å²) in [5.41, 5.74) is 2.17. The van der Waals surface area contributed by atoms with E-state index in [0.717, 1.165) is 69.0 Å². The summed E-state index contributed by atoms with van der Waals surface area (Å²) in [7, 11) is 0. The van der Waals surface area contributed by atoms with Crippen LogP contribution in [0.25, 0.3) is 10.9 Å². The van der Waals surface area contributed by atoms with E-state index in [1.807, 2.05) is 10.8 Å². The van der Waals surface area contributed by atoms with Gasteiger partial charge in [-0.25, -0.2) is 9.97 Å². The van der Waals surface area contributed by atoms with Gasteiger partial charge in [0.2, 0.25) is 11.8 Å². The first kappa shape index (κ1) is 17.8. The molecule has 1 aromatic carbocycles. The molecule has 1 aliphatic rings. The lowest BCUT2D eigenvalue weighted by Crippen LogP contribution is -2.46. The molecule has 1 fully saturated rings. The molecule has 0 aliphatic carbocycles. The summed E-state index contributed by atoms with van der Waals surface area (Å²) in [6.45, 7) is 7.78. The first-order chi connectivity index (χ1) is 13.2. The van der Waals surface area contributed by atoms with Crippen LogP contribution in [-0.2, 0) is 13.1 Å². The van der Waals surface area contributed by atoms with Crippen molar-refractivity contribution in [3.63, 3.8) is 0 Å². The number of hydrogen-bond donors (Lipinski definition) is 1. The van der Waals surface area contributed by atoms with Gasteiger partial charge in [-0.15, -0.1) is 0 Å². The molecule has 6 nitrogen and oxygen atoms in total. The minimum Gasteiger partial charge on any atom is -0.494 e. The van der Waals surface area contributed by atoms with E-state index in [1.54, 1.807) is 6.20 Å². The summed E-state index contributed by atoms with van der Waals surface area (Å²) in [6.07, 6.45) is 5.83. The molecular formula is C21H27N5O. The van der Waals surface area contributed by atoms with Crippen LogP contribution in [-0.4, -0.2) is 50.7 Å². The fourth-order valence-electron chi connectivity index (χ4n) is 3.62. The van der Waals surface area contributed by atoms with E-state index in [2.05, 4.69) is 52.0 Å². The summed E-state index contributed by atoms with van der Waals surface area (Å²) in [4.78, 5) is 13.9. The van der Waals surface area contributed by atoms with Crippen molar-refractivity contribution in [2.75, 3.05) is 31.1 Å². The fraction of sp³-hybridized carbons (Fsp3) is 0.429. The number of rotatable bonds is 6. The molecule has 3 heterocycles. The van der Waals surface area contributed by atoms with Gasteiger partial charge in [-0.1, -0.05) is 43.7 Å². The maximum absolute atomic E-state index is 10.4. The molecule has 1 aliphatic heterocycles. The quantitative estimate of drug-likeness (QED) is 0.727. The van der Waals surface area contributed by atoms with E-state index in [4.69, 9.17) is 4.98 Å². The highest BCUT2D eigenvalue weighted by molar-refractivity contribution is 5.84. The lowest BCUT2D eigenvalue weighted by molar-refractivity contribution is 0.249. The Balaban J connectivity index is 1.42. The smallest absolute Gasteiger partial charge is 0.226 e. The second kappa shape index (κ2) is 7.96. The second-order valence-corrected chi connectivity index (χ2v) is 7.22. The van der Waals surface area contributed by atoms with E-state index in [9.17, 15) is 5.11 Å². The van der Waals surface area contributed by atoms with Crippen LogP contribution in [0.4, 0.5) is 5.95 Å². The molecule has 4 rings (SSSR count). The maximum Gasteiger partial charge on any atom is 0.226 e. The normalized spacial score (nSPS) is 15.5. The second-order valence-electron chi connectivity index (χ2n) is 7.22. The number of piperazine rings is 1. The fourth-order valence-corrected chi connectivity index (χ4v) is 3.62. The van der Waals surface area contributed by atoms with Crippen molar-refractivity contribution in [3.05, 3.63) is 48.3 Å². The Bertz CT molecular complexity index is 884. The lowest BCUT2D eigenvalue weighted by Gasteiger charge is -2.34. The van der Waals surface area contributed by atoms with Crippen molar-refractivity contribution >= 4 is 16.9 Å². The molecule has 142 valence electrons. The first-order valence-electron chi connectivity index (χ1n) is 9.80. The summed E-state index contributed by atoms with van der Waals surface area (Å²) < 4.78 is 1.88. The third-order valence-corrected chi connectivity index (χ3v) is 5.25. The maximum atomic E-state index is 10.4. The number of aryl methyl sites for hydroxylation is 1. The van der Waals surface area contributed by atoms with Crippen LogP contribution in [0.1, 0.15) is 25.3 Å². The molecule has 0 atom stereocenters. The number of benzene rings is 1. The summed E-state index contributed by atoms with van der Waals surface area (Å²) >= 11 is 0. The van der Waals surface area contributed by atoms with Crippen molar-refractivity contribution in [2.24, 2.45) is 0 Å². The van der Waals surface area contributed by atoms with Crippen molar-refractivity contribution in [2.45, 2.75) is 32.9 Å². The molecule has 27 heavy (non-hydrogen) atoms. The number of hydrogen-bond acceptors (Lipinski definition) is 5. The highest BCUT2D eigenvalue weighted by Crippen LogP contribution is 2.27. The molecule has 0 amide bonds. The van der Waals surface area contributed by atoms with E-state index in [0.29, 0.717) is 0 Å². The summed E-state index contributed by atoms with van der Waals surface area (Å²) in [5, 5.41) is 11.1. The zero-order chi connectivity index (χ0) is 18.6. The van der Waals surface area contributed by atoms with Crippen LogP contribution in [0, 0.1) is 0 Å². The number of aromatic hydroxyl groups is 1. The largest absolute Gasteiger partial charge is 0.494 e. The zero-order valence-electron chi connectivity index (χ0n) is 15.9. The number of fused-ring (bicyclic) bond motifs is 1. The lowest BCUT2D eigenvalue weighted by atomic mass is 10.2. The summed E-state index contributed by atoms with van der Waals surface area (Å²) in [6, 6.07) is 10.6. The molecule has 6 heteroatoms. The number of unbranched alkanes of at least 4 members (excludes halogenated alkanes) is 1. The van der Waals surface area contributed by atoms with Crippen LogP contribution in [0.15, 0.2) is 42.7 Å². The molecule has 0 radical (unpaired) electrons. The van der Waals surface area contributed by atoms with E-state index < -0.39 is 0 Å². The number of anilines is 1. The molecule has 1 N–H and O–H groups in total. The van der Waals surface area contributed by atoms with Gasteiger partial charge < -0.3 is 14.6 Å². The van der Waals surface area contributed by atoms with Gasteiger partial charge in [-0.05, 0) is 12.0 Å². The Kier molecular flexibility index (Phi) is 5.25. The van der Waals surface area contributed by atoms with Crippen LogP contribution in [0.3, 0.4) is 0 Å². The topological polar surface area (TPSA) is 57.4 Å². The highest BCUT2D eigenvalue weighted by atomic mass is 16.3.